The molecule has 2 fully saturated rings. The van der Waals surface area contributed by atoms with Crippen molar-refractivity contribution < 1.29 is 13.6 Å². The molecule has 1 aromatic heterocycles. The lowest BCUT2D eigenvalue weighted by molar-refractivity contribution is -0.137. The van der Waals surface area contributed by atoms with Gasteiger partial charge in [-0.05, 0) is 43.7 Å². The minimum atomic E-state index is -0.578. The molecule has 2 aliphatic rings. The number of nitrogens with zero attached hydrogens (tertiary/aromatic N) is 5. The highest BCUT2D eigenvalue weighted by Crippen LogP contribution is 2.25. The Morgan fingerprint density at radius 1 is 1.06 bits per heavy atom. The van der Waals surface area contributed by atoms with Gasteiger partial charge in [-0.1, -0.05) is 12.1 Å². The number of piperidine rings is 1. The zero-order chi connectivity index (χ0) is 22.9. The Hall–Kier alpha value is -3.00. The third-order valence-corrected chi connectivity index (χ3v) is 6.94. The lowest BCUT2D eigenvalue weighted by Gasteiger charge is -2.39. The first-order valence-corrected chi connectivity index (χ1v) is 11.6. The Labute approximate surface area is 192 Å². The maximum atomic E-state index is 14.1. The standard InChI is InChI=1S/C25H29F2N5O/c1-29-23-7-3-2-6-21(23)28-24(29)17-30-10-4-5-18(16-30)25(33)32-13-11-31(12-14-32)22-9-8-19(26)15-20(22)27/h2-3,6-9,15,18H,4-5,10-14,16-17H2,1H3/t18-/m0/s1. The Kier molecular flexibility index (Phi) is 6.01. The minimum absolute atomic E-state index is 0.0254. The highest BCUT2D eigenvalue weighted by atomic mass is 19.1. The Morgan fingerprint density at radius 2 is 1.85 bits per heavy atom. The number of benzene rings is 2. The van der Waals surface area contributed by atoms with Gasteiger partial charge in [0.15, 0.2) is 0 Å². The number of aryl methyl sites for hydroxylation is 1. The lowest BCUT2D eigenvalue weighted by atomic mass is 9.96. The Bertz CT molecular complexity index is 1150. The normalized spacial score (nSPS) is 19.9. The van der Waals surface area contributed by atoms with Crippen LogP contribution < -0.4 is 4.90 Å². The maximum absolute atomic E-state index is 14.1. The summed E-state index contributed by atoms with van der Waals surface area (Å²) in [7, 11) is 2.04. The predicted molar refractivity (Wildman–Crippen MR) is 124 cm³/mol. The fourth-order valence-corrected chi connectivity index (χ4v) is 5.10. The molecule has 0 bridgehead atoms. The third-order valence-electron chi connectivity index (χ3n) is 6.94. The summed E-state index contributed by atoms with van der Waals surface area (Å²) in [6, 6.07) is 11.8. The molecular weight excluding hydrogens is 424 g/mol. The van der Waals surface area contributed by atoms with Crippen LogP contribution in [0, 0.1) is 17.6 Å². The van der Waals surface area contributed by atoms with Gasteiger partial charge >= 0.3 is 0 Å². The molecule has 0 radical (unpaired) electrons. The van der Waals surface area contributed by atoms with Gasteiger partial charge < -0.3 is 14.4 Å². The van der Waals surface area contributed by atoms with E-state index in [2.05, 4.69) is 15.5 Å². The number of likely N-dealkylation sites (tertiary alicyclic amines) is 1. The van der Waals surface area contributed by atoms with Gasteiger partial charge in [-0.3, -0.25) is 9.69 Å². The molecule has 2 aliphatic heterocycles. The molecule has 0 spiro atoms. The van der Waals surface area contributed by atoms with E-state index in [1.54, 1.807) is 0 Å². The van der Waals surface area contributed by atoms with Crippen LogP contribution in [0.2, 0.25) is 0 Å². The van der Waals surface area contributed by atoms with Gasteiger partial charge in [0.05, 0.1) is 29.2 Å². The van der Waals surface area contributed by atoms with Crippen LogP contribution >= 0.6 is 0 Å². The number of carbonyl (C=O) groups excluding carboxylic acids is 1. The summed E-state index contributed by atoms with van der Waals surface area (Å²) in [5.41, 5.74) is 2.51. The summed E-state index contributed by atoms with van der Waals surface area (Å²) in [5.74, 6) is 0.0379. The average Bonchev–Trinajstić information content (AvgIpc) is 3.14. The molecule has 2 aromatic carbocycles. The van der Waals surface area contributed by atoms with E-state index in [1.165, 1.54) is 12.1 Å². The molecule has 1 atom stereocenters. The van der Waals surface area contributed by atoms with Gasteiger partial charge in [0, 0.05) is 45.8 Å². The van der Waals surface area contributed by atoms with E-state index in [0.717, 1.165) is 55.4 Å². The van der Waals surface area contributed by atoms with Crippen molar-refractivity contribution in [3.63, 3.8) is 0 Å². The second-order valence-corrected chi connectivity index (χ2v) is 9.06. The van der Waals surface area contributed by atoms with Gasteiger partial charge in [-0.25, -0.2) is 13.8 Å². The summed E-state index contributed by atoms with van der Waals surface area (Å²) in [4.78, 5) is 24.2. The summed E-state index contributed by atoms with van der Waals surface area (Å²) < 4.78 is 29.5. The van der Waals surface area contributed by atoms with Gasteiger partial charge in [-0.15, -0.1) is 0 Å². The second kappa shape index (κ2) is 9.09. The van der Waals surface area contributed by atoms with Crippen LogP contribution in [-0.2, 0) is 18.4 Å². The van der Waals surface area contributed by atoms with E-state index in [0.29, 0.717) is 31.9 Å². The van der Waals surface area contributed by atoms with Crippen molar-refractivity contribution in [3.05, 3.63) is 59.9 Å². The number of anilines is 1. The van der Waals surface area contributed by atoms with Crippen LogP contribution in [0.5, 0.6) is 0 Å². The van der Waals surface area contributed by atoms with Crippen LogP contribution in [-0.4, -0.2) is 64.5 Å². The van der Waals surface area contributed by atoms with Crippen molar-refractivity contribution in [2.45, 2.75) is 19.4 Å². The predicted octanol–water partition coefficient (Wildman–Crippen LogP) is 3.41. The van der Waals surface area contributed by atoms with E-state index in [9.17, 15) is 13.6 Å². The van der Waals surface area contributed by atoms with Crippen LogP contribution in [0.25, 0.3) is 11.0 Å². The third kappa shape index (κ3) is 4.44. The molecule has 0 aliphatic carbocycles. The van der Waals surface area contributed by atoms with Crippen molar-refractivity contribution in [1.82, 2.24) is 19.4 Å². The van der Waals surface area contributed by atoms with Crippen molar-refractivity contribution >= 4 is 22.6 Å². The molecule has 1 amide bonds. The van der Waals surface area contributed by atoms with Gasteiger partial charge in [0.1, 0.15) is 17.5 Å². The quantitative estimate of drug-likeness (QED) is 0.607. The molecule has 3 heterocycles. The van der Waals surface area contributed by atoms with Crippen molar-refractivity contribution in [1.29, 1.82) is 0 Å². The first kappa shape index (κ1) is 21.8. The second-order valence-electron chi connectivity index (χ2n) is 9.06. The number of rotatable bonds is 4. The molecule has 2 saturated heterocycles. The molecule has 6 nitrogen and oxygen atoms in total. The maximum Gasteiger partial charge on any atom is 0.227 e. The van der Waals surface area contributed by atoms with Crippen LogP contribution in [0.1, 0.15) is 18.7 Å². The fourth-order valence-electron chi connectivity index (χ4n) is 5.10. The monoisotopic (exact) mass is 453 g/mol. The van der Waals surface area contributed by atoms with Crippen molar-refractivity contribution in [2.75, 3.05) is 44.2 Å². The van der Waals surface area contributed by atoms with Crippen LogP contribution in [0.15, 0.2) is 42.5 Å². The first-order chi connectivity index (χ1) is 16.0. The number of carbonyl (C=O) groups is 1. The van der Waals surface area contributed by atoms with Gasteiger partial charge in [0.25, 0.3) is 0 Å². The van der Waals surface area contributed by atoms with E-state index in [4.69, 9.17) is 4.98 Å². The minimum Gasteiger partial charge on any atom is -0.366 e. The van der Waals surface area contributed by atoms with Gasteiger partial charge in [0.2, 0.25) is 5.91 Å². The number of hydrogen-bond acceptors (Lipinski definition) is 4. The van der Waals surface area contributed by atoms with E-state index < -0.39 is 11.6 Å². The van der Waals surface area contributed by atoms with E-state index in [1.807, 2.05) is 35.0 Å². The largest absolute Gasteiger partial charge is 0.366 e. The average molecular weight is 454 g/mol. The molecule has 33 heavy (non-hydrogen) atoms. The molecule has 3 aromatic rings. The van der Waals surface area contributed by atoms with Crippen molar-refractivity contribution in [2.24, 2.45) is 13.0 Å². The molecule has 174 valence electrons. The van der Waals surface area contributed by atoms with Crippen LogP contribution in [0.4, 0.5) is 14.5 Å². The number of para-hydroxylation sites is 2. The topological polar surface area (TPSA) is 44.6 Å². The number of amides is 1. The highest BCUT2D eigenvalue weighted by Gasteiger charge is 2.32. The zero-order valence-corrected chi connectivity index (χ0v) is 18.9. The number of halogens is 2. The lowest BCUT2D eigenvalue weighted by Crippen LogP contribution is -2.52. The Morgan fingerprint density at radius 3 is 2.61 bits per heavy atom. The number of aromatic nitrogens is 2. The molecular formula is C25H29F2N5O. The SMILES string of the molecule is Cn1c(CN2CCC[C@H](C(=O)N3CCN(c4ccc(F)cc4F)CC3)C2)nc2ccccc21. The summed E-state index contributed by atoms with van der Waals surface area (Å²) >= 11 is 0. The Balaban J connectivity index is 1.19. The van der Waals surface area contributed by atoms with Gasteiger partial charge in [-0.2, -0.15) is 0 Å². The van der Waals surface area contributed by atoms with Crippen LogP contribution in [0.3, 0.4) is 0 Å². The molecule has 0 N–H and O–H groups in total. The molecule has 5 rings (SSSR count). The molecule has 8 heteroatoms. The highest BCUT2D eigenvalue weighted by molar-refractivity contribution is 5.79. The number of piperazine rings is 1. The van der Waals surface area contributed by atoms with Crippen molar-refractivity contribution in [3.8, 4) is 0 Å². The smallest absolute Gasteiger partial charge is 0.227 e. The molecule has 0 unspecified atom stereocenters. The first-order valence-electron chi connectivity index (χ1n) is 11.6. The fraction of sp³-hybridized carbons (Fsp3) is 0.440. The zero-order valence-electron chi connectivity index (χ0n) is 18.9. The number of hydrogen-bond donors (Lipinski definition) is 0. The summed E-state index contributed by atoms with van der Waals surface area (Å²) in [5, 5.41) is 0. The number of imidazole rings is 1. The summed E-state index contributed by atoms with van der Waals surface area (Å²) in [6.07, 6.45) is 1.88. The summed E-state index contributed by atoms with van der Waals surface area (Å²) in [6.45, 7) is 4.62. The molecule has 0 saturated carbocycles. The number of fused-ring (bicyclic) bond motifs is 1. The van der Waals surface area contributed by atoms with E-state index >= 15 is 0 Å². The van der Waals surface area contributed by atoms with E-state index in [-0.39, 0.29) is 11.8 Å².